The molecule has 1 amide bonds. The number of nitrogens with zero attached hydrogens (tertiary/aromatic N) is 4. The zero-order valence-corrected chi connectivity index (χ0v) is 13.6. The summed E-state index contributed by atoms with van der Waals surface area (Å²) in [6.07, 6.45) is 3.29. The van der Waals surface area contributed by atoms with E-state index >= 15 is 0 Å². The van der Waals surface area contributed by atoms with Crippen LogP contribution in [-0.4, -0.2) is 38.9 Å². The molecule has 0 radical (unpaired) electrons. The molecule has 2 heterocycles. The molecule has 2 aromatic heterocycles. The van der Waals surface area contributed by atoms with Crippen molar-refractivity contribution in [3.05, 3.63) is 52.2 Å². The topological polar surface area (TPSA) is 59.6 Å². The molecule has 6 nitrogen and oxygen atoms in total. The average molecular weight is 310 g/mol. The molecule has 23 heavy (non-hydrogen) atoms. The van der Waals surface area contributed by atoms with Crippen LogP contribution in [0.1, 0.15) is 21.6 Å². The molecule has 3 rings (SSSR count). The minimum atomic E-state index is -0.242. The van der Waals surface area contributed by atoms with Crippen LogP contribution in [0.4, 0.5) is 0 Å². The quantitative estimate of drug-likeness (QED) is 0.725. The maximum atomic E-state index is 12.8. The first kappa shape index (κ1) is 15.0. The van der Waals surface area contributed by atoms with Crippen LogP contribution in [0.25, 0.3) is 22.6 Å². The fourth-order valence-electron chi connectivity index (χ4n) is 2.86. The molecule has 0 aliphatic heterocycles. The van der Waals surface area contributed by atoms with Gasteiger partial charge < -0.3 is 4.90 Å². The van der Waals surface area contributed by atoms with Gasteiger partial charge in [0.25, 0.3) is 11.5 Å². The number of fused-ring (bicyclic) bond motifs is 3. The van der Waals surface area contributed by atoms with E-state index in [1.807, 2.05) is 19.1 Å². The highest BCUT2D eigenvalue weighted by atomic mass is 16.2. The molecule has 118 valence electrons. The molecule has 3 aromatic rings. The van der Waals surface area contributed by atoms with Gasteiger partial charge in [-0.1, -0.05) is 12.7 Å². The highest BCUT2D eigenvalue weighted by Crippen LogP contribution is 2.22. The highest BCUT2D eigenvalue weighted by Gasteiger charge is 2.21. The van der Waals surface area contributed by atoms with E-state index in [0.29, 0.717) is 16.6 Å². The first-order chi connectivity index (χ1) is 10.9. The molecule has 0 saturated heterocycles. The average Bonchev–Trinajstić information content (AvgIpc) is 2.95. The third kappa shape index (κ3) is 2.06. The standard InChI is InChI=1S/C17H18N4O2/c1-6-11-7-10(2)8-12-14(11)21-9-18-13(17(23)19(3)4)15(21)20(5)16(12)22/h6-9H,1H2,2-5H3. The molecule has 0 fully saturated rings. The van der Waals surface area contributed by atoms with Gasteiger partial charge in [0.15, 0.2) is 11.3 Å². The number of hydrogen-bond donors (Lipinski definition) is 0. The van der Waals surface area contributed by atoms with Crippen LogP contribution < -0.4 is 5.56 Å². The highest BCUT2D eigenvalue weighted by molar-refractivity contribution is 5.99. The summed E-state index contributed by atoms with van der Waals surface area (Å²) in [6, 6.07) is 3.80. The number of rotatable bonds is 2. The Hall–Kier alpha value is -2.89. The Balaban J connectivity index is 2.58. The lowest BCUT2D eigenvalue weighted by Gasteiger charge is -2.13. The summed E-state index contributed by atoms with van der Waals surface area (Å²) in [5, 5.41) is 0.580. The number of benzene rings is 1. The molecule has 0 saturated carbocycles. The molecule has 0 aliphatic carbocycles. The van der Waals surface area contributed by atoms with Crippen molar-refractivity contribution in [3.63, 3.8) is 0 Å². The van der Waals surface area contributed by atoms with Gasteiger partial charge in [0.05, 0.1) is 10.9 Å². The number of amides is 1. The molecule has 1 aromatic carbocycles. The third-order valence-electron chi connectivity index (χ3n) is 3.95. The lowest BCUT2D eigenvalue weighted by molar-refractivity contribution is 0.0824. The maximum absolute atomic E-state index is 12.8. The molecule has 0 aliphatic rings. The number of imidazole rings is 1. The van der Waals surface area contributed by atoms with Crippen LogP contribution in [-0.2, 0) is 7.05 Å². The summed E-state index contributed by atoms with van der Waals surface area (Å²) in [6.45, 7) is 5.77. The van der Waals surface area contributed by atoms with Crippen molar-refractivity contribution in [2.45, 2.75) is 6.92 Å². The zero-order valence-electron chi connectivity index (χ0n) is 13.6. The van der Waals surface area contributed by atoms with E-state index in [9.17, 15) is 9.59 Å². The largest absolute Gasteiger partial charge is 0.343 e. The van der Waals surface area contributed by atoms with Crippen molar-refractivity contribution >= 4 is 28.5 Å². The molecule has 0 spiro atoms. The monoisotopic (exact) mass is 310 g/mol. The van der Waals surface area contributed by atoms with Crippen LogP contribution >= 0.6 is 0 Å². The SMILES string of the molecule is C=Cc1cc(C)cc2c(=O)n(C)c3c(C(=O)N(C)C)ncn3c12. The lowest BCUT2D eigenvalue weighted by atomic mass is 10.1. The molecule has 6 heteroatoms. The van der Waals surface area contributed by atoms with Crippen molar-refractivity contribution < 1.29 is 4.79 Å². The number of aryl methyl sites for hydroxylation is 2. The van der Waals surface area contributed by atoms with E-state index in [2.05, 4.69) is 11.6 Å². The Morgan fingerprint density at radius 3 is 2.65 bits per heavy atom. The minimum absolute atomic E-state index is 0.160. The second-order valence-corrected chi connectivity index (χ2v) is 5.80. The van der Waals surface area contributed by atoms with E-state index in [1.165, 1.54) is 9.47 Å². The van der Waals surface area contributed by atoms with E-state index in [4.69, 9.17) is 0 Å². The van der Waals surface area contributed by atoms with Crippen molar-refractivity contribution in [1.82, 2.24) is 18.9 Å². The number of aromatic nitrogens is 3. The van der Waals surface area contributed by atoms with Crippen LogP contribution in [0.5, 0.6) is 0 Å². The predicted octanol–water partition coefficient (Wildman–Crippen LogP) is 1.84. The van der Waals surface area contributed by atoms with Gasteiger partial charge in [0.2, 0.25) is 0 Å². The van der Waals surface area contributed by atoms with E-state index in [1.54, 1.807) is 37.9 Å². The van der Waals surface area contributed by atoms with Gasteiger partial charge in [-0.25, -0.2) is 4.98 Å². The normalized spacial score (nSPS) is 11.1. The predicted molar refractivity (Wildman–Crippen MR) is 90.8 cm³/mol. The van der Waals surface area contributed by atoms with Crippen molar-refractivity contribution in [2.24, 2.45) is 7.05 Å². The van der Waals surface area contributed by atoms with Crippen molar-refractivity contribution in [2.75, 3.05) is 14.1 Å². The molecular weight excluding hydrogens is 292 g/mol. The molecule has 0 unspecified atom stereocenters. The number of carbonyl (C=O) groups is 1. The Bertz CT molecular complexity index is 1020. The first-order valence-corrected chi connectivity index (χ1v) is 7.21. The summed E-state index contributed by atoms with van der Waals surface area (Å²) >= 11 is 0. The summed E-state index contributed by atoms with van der Waals surface area (Å²) < 4.78 is 3.25. The Morgan fingerprint density at radius 1 is 1.35 bits per heavy atom. The minimum Gasteiger partial charge on any atom is -0.343 e. The second kappa shape index (κ2) is 5.08. The van der Waals surface area contributed by atoms with Gasteiger partial charge in [-0.05, 0) is 30.2 Å². The van der Waals surface area contributed by atoms with Gasteiger partial charge in [-0.2, -0.15) is 0 Å². The lowest BCUT2D eigenvalue weighted by Crippen LogP contribution is -2.26. The number of hydrogen-bond acceptors (Lipinski definition) is 3. The van der Waals surface area contributed by atoms with Crippen molar-refractivity contribution in [1.29, 1.82) is 0 Å². The first-order valence-electron chi connectivity index (χ1n) is 7.21. The van der Waals surface area contributed by atoms with Crippen molar-refractivity contribution in [3.8, 4) is 0 Å². The van der Waals surface area contributed by atoms with Crippen LogP contribution in [0.3, 0.4) is 0 Å². The van der Waals surface area contributed by atoms with Gasteiger partial charge >= 0.3 is 0 Å². The zero-order chi connectivity index (χ0) is 16.9. The fourth-order valence-corrected chi connectivity index (χ4v) is 2.86. The fraction of sp³-hybridized carbons (Fsp3) is 0.235. The molecule has 0 atom stereocenters. The summed E-state index contributed by atoms with van der Waals surface area (Å²) in [4.78, 5) is 30.8. The molecule has 0 bridgehead atoms. The van der Waals surface area contributed by atoms with E-state index < -0.39 is 0 Å². The molecular formula is C17H18N4O2. The van der Waals surface area contributed by atoms with E-state index in [-0.39, 0.29) is 17.2 Å². The van der Waals surface area contributed by atoms with Crippen LogP contribution in [0.2, 0.25) is 0 Å². The van der Waals surface area contributed by atoms with Gasteiger partial charge in [-0.3, -0.25) is 18.6 Å². The van der Waals surface area contributed by atoms with Gasteiger partial charge in [0, 0.05) is 21.1 Å². The molecule has 0 N–H and O–H groups in total. The Labute approximate surface area is 133 Å². The second-order valence-electron chi connectivity index (χ2n) is 5.80. The summed E-state index contributed by atoms with van der Waals surface area (Å²) in [5.41, 5.74) is 3.11. The van der Waals surface area contributed by atoms with E-state index in [0.717, 1.165) is 11.1 Å². The summed E-state index contributed by atoms with van der Waals surface area (Å²) in [7, 11) is 4.97. The van der Waals surface area contributed by atoms with Crippen LogP contribution in [0.15, 0.2) is 29.8 Å². The maximum Gasteiger partial charge on any atom is 0.275 e. The van der Waals surface area contributed by atoms with Gasteiger partial charge in [0.1, 0.15) is 6.33 Å². The Kier molecular flexibility index (Phi) is 3.32. The van der Waals surface area contributed by atoms with Gasteiger partial charge in [-0.15, -0.1) is 0 Å². The van der Waals surface area contributed by atoms with Crippen LogP contribution in [0, 0.1) is 6.92 Å². The third-order valence-corrected chi connectivity index (χ3v) is 3.95. The summed E-state index contributed by atoms with van der Waals surface area (Å²) in [5.74, 6) is -0.242. The Morgan fingerprint density at radius 2 is 2.04 bits per heavy atom. The number of carbonyl (C=O) groups excluding carboxylic acids is 1. The smallest absolute Gasteiger partial charge is 0.275 e.